The summed E-state index contributed by atoms with van der Waals surface area (Å²) in [5.74, 6) is 0. The van der Waals surface area contributed by atoms with E-state index in [0.717, 1.165) is 78.4 Å². The molecule has 69 heavy (non-hydrogen) atoms. The van der Waals surface area contributed by atoms with Crippen LogP contribution >= 0.6 is 11.3 Å². The molecule has 0 aliphatic heterocycles. The first-order valence-electron chi connectivity index (χ1n) is 23.4. The van der Waals surface area contributed by atoms with Crippen molar-refractivity contribution in [2.45, 2.75) is 0 Å². The lowest BCUT2D eigenvalue weighted by Gasteiger charge is -2.30. The van der Waals surface area contributed by atoms with Crippen molar-refractivity contribution in [3.63, 3.8) is 0 Å². The third kappa shape index (κ3) is 6.43. The van der Waals surface area contributed by atoms with Gasteiger partial charge < -0.3 is 18.8 Å². The second kappa shape index (κ2) is 15.9. The molecule has 5 heteroatoms. The zero-order valence-electron chi connectivity index (χ0n) is 37.3. The lowest BCUT2D eigenvalue weighted by atomic mass is 9.99. The predicted molar refractivity (Wildman–Crippen MR) is 293 cm³/mol. The number of thiophene rings is 1. The van der Waals surface area contributed by atoms with Gasteiger partial charge in [0.2, 0.25) is 0 Å². The molecule has 0 bridgehead atoms. The molecular weight excluding hydrogens is 859 g/mol. The smallest absolute Gasteiger partial charge is 0.159 e. The van der Waals surface area contributed by atoms with Gasteiger partial charge in [-0.25, -0.2) is 0 Å². The summed E-state index contributed by atoms with van der Waals surface area (Å²) >= 11 is 1.84. The van der Waals surface area contributed by atoms with E-state index < -0.39 is 0 Å². The molecule has 324 valence electrons. The van der Waals surface area contributed by atoms with Crippen LogP contribution in [-0.4, -0.2) is 4.57 Å². The molecule has 3 heterocycles. The number of anilines is 6. The molecule has 0 unspecified atom stereocenters. The highest BCUT2D eigenvalue weighted by Crippen LogP contribution is 2.48. The van der Waals surface area contributed by atoms with Gasteiger partial charge in [0.05, 0.1) is 16.7 Å². The summed E-state index contributed by atoms with van der Waals surface area (Å²) in [7, 11) is 0. The molecule has 0 amide bonds. The van der Waals surface area contributed by atoms with Crippen molar-refractivity contribution in [3.05, 3.63) is 249 Å². The highest BCUT2D eigenvalue weighted by atomic mass is 32.1. The van der Waals surface area contributed by atoms with Crippen LogP contribution < -0.4 is 9.80 Å². The summed E-state index contributed by atoms with van der Waals surface area (Å²) < 4.78 is 11.9. The fourth-order valence-electron chi connectivity index (χ4n) is 10.6. The molecule has 11 aromatic carbocycles. The molecule has 0 atom stereocenters. The number of rotatable bonds is 8. The number of para-hydroxylation sites is 5. The molecule has 0 N–H and O–H groups in total. The summed E-state index contributed by atoms with van der Waals surface area (Å²) in [5, 5.41) is 9.61. The Morgan fingerprint density at radius 1 is 0.348 bits per heavy atom. The minimum absolute atomic E-state index is 0.838. The monoisotopic (exact) mass is 899 g/mol. The second-order valence-corrected chi connectivity index (χ2v) is 18.8. The maximum Gasteiger partial charge on any atom is 0.159 e. The lowest BCUT2D eigenvalue weighted by Crippen LogP contribution is -2.14. The molecule has 14 rings (SSSR count). The van der Waals surface area contributed by atoms with Crippen LogP contribution in [0.2, 0.25) is 0 Å². The van der Waals surface area contributed by atoms with E-state index >= 15 is 0 Å². The average Bonchev–Trinajstić information content (AvgIpc) is 4.09. The van der Waals surface area contributed by atoms with Crippen molar-refractivity contribution < 1.29 is 4.42 Å². The van der Waals surface area contributed by atoms with Crippen molar-refractivity contribution >= 4 is 120 Å². The maximum atomic E-state index is 6.89. The van der Waals surface area contributed by atoms with Crippen LogP contribution in [0.25, 0.3) is 91.5 Å². The summed E-state index contributed by atoms with van der Waals surface area (Å²) in [6, 6.07) is 90.1. The number of aromatic nitrogens is 1. The Morgan fingerprint density at radius 3 is 1.80 bits per heavy atom. The van der Waals surface area contributed by atoms with Crippen LogP contribution in [-0.2, 0) is 0 Å². The first-order chi connectivity index (χ1) is 34.2. The summed E-state index contributed by atoms with van der Waals surface area (Å²) in [6.07, 6.45) is 0. The highest BCUT2D eigenvalue weighted by Gasteiger charge is 2.24. The Kier molecular flexibility index (Phi) is 9.04. The third-order valence-electron chi connectivity index (χ3n) is 13.7. The van der Waals surface area contributed by atoms with E-state index in [0.29, 0.717) is 0 Å². The van der Waals surface area contributed by atoms with Crippen LogP contribution in [0.1, 0.15) is 0 Å². The molecule has 0 spiro atoms. The van der Waals surface area contributed by atoms with E-state index in [1.807, 2.05) is 17.4 Å². The van der Waals surface area contributed by atoms with Gasteiger partial charge in [0.25, 0.3) is 0 Å². The zero-order valence-corrected chi connectivity index (χ0v) is 38.1. The van der Waals surface area contributed by atoms with Crippen LogP contribution in [0.3, 0.4) is 0 Å². The van der Waals surface area contributed by atoms with Gasteiger partial charge in [-0.05, 0) is 125 Å². The largest absolute Gasteiger partial charge is 0.454 e. The molecule has 3 aromatic heterocycles. The minimum Gasteiger partial charge on any atom is -0.454 e. The second-order valence-electron chi connectivity index (χ2n) is 17.7. The van der Waals surface area contributed by atoms with Crippen molar-refractivity contribution in [1.82, 2.24) is 4.57 Å². The summed E-state index contributed by atoms with van der Waals surface area (Å²) in [5.41, 5.74) is 13.5. The molecule has 0 fully saturated rings. The van der Waals surface area contributed by atoms with Crippen molar-refractivity contribution in [3.8, 4) is 16.8 Å². The summed E-state index contributed by atoms with van der Waals surface area (Å²) in [6.45, 7) is 0. The first kappa shape index (κ1) is 39.3. The van der Waals surface area contributed by atoms with Gasteiger partial charge in [-0.2, -0.15) is 0 Å². The quantitative estimate of drug-likeness (QED) is 0.152. The highest BCUT2D eigenvalue weighted by molar-refractivity contribution is 7.25. The number of hydrogen-bond donors (Lipinski definition) is 0. The minimum atomic E-state index is 0.838. The molecule has 0 radical (unpaired) electrons. The van der Waals surface area contributed by atoms with Crippen LogP contribution in [0.15, 0.2) is 253 Å². The van der Waals surface area contributed by atoms with E-state index in [1.54, 1.807) is 0 Å². The molecule has 0 aliphatic rings. The third-order valence-corrected chi connectivity index (χ3v) is 14.8. The Morgan fingerprint density at radius 2 is 1.00 bits per heavy atom. The SMILES string of the molecule is c1ccc(N(c2ccccc2)c2cc(-c3ccc4c5c6ccccc6ccc5n(-c5ccccc5)c4c3)cc(N(c3ccc4sc5ccccc5c4c3)c3cccc4c3oc3ccccc34)c2)cc1. The van der Waals surface area contributed by atoms with Gasteiger partial charge in [-0.15, -0.1) is 11.3 Å². The van der Waals surface area contributed by atoms with Gasteiger partial charge in [-0.1, -0.05) is 146 Å². The van der Waals surface area contributed by atoms with Crippen LogP contribution in [0, 0.1) is 0 Å². The summed E-state index contributed by atoms with van der Waals surface area (Å²) in [4.78, 5) is 4.78. The van der Waals surface area contributed by atoms with E-state index in [1.165, 1.54) is 47.2 Å². The first-order valence-corrected chi connectivity index (χ1v) is 24.2. The normalized spacial score (nSPS) is 11.8. The Bertz CT molecular complexity index is 4230. The van der Waals surface area contributed by atoms with E-state index in [2.05, 4.69) is 257 Å². The van der Waals surface area contributed by atoms with Gasteiger partial charge in [0.15, 0.2) is 5.58 Å². The van der Waals surface area contributed by atoms with E-state index in [4.69, 9.17) is 4.42 Å². The van der Waals surface area contributed by atoms with Gasteiger partial charge in [0.1, 0.15) is 5.58 Å². The maximum absolute atomic E-state index is 6.89. The standard InChI is InChI=1S/C64H41N3OS/c1-4-18-45(19-5-1)65(46-20-6-2-7-21-46)49-37-44(43-31-34-55-59(39-43)67(47-22-8-3-9-23-47)57-35-32-42-17-10-11-24-51(42)63(55)57)38-50(40-49)66(48-33-36-62-56(41-48)53-26-13-15-30-61(53)69-62)58-28-16-27-54-52-25-12-14-29-60(52)68-64(54)58/h1-41H. The van der Waals surface area contributed by atoms with Gasteiger partial charge >= 0.3 is 0 Å². The average molecular weight is 900 g/mol. The predicted octanol–water partition coefficient (Wildman–Crippen LogP) is 18.8. The fourth-order valence-corrected chi connectivity index (χ4v) is 11.7. The fraction of sp³-hybridized carbons (Fsp3) is 0. The molecular formula is C64H41N3OS. The van der Waals surface area contributed by atoms with Crippen molar-refractivity contribution in [1.29, 1.82) is 0 Å². The Labute approximate surface area is 402 Å². The zero-order chi connectivity index (χ0) is 45.4. The number of fused-ring (bicyclic) bond motifs is 11. The topological polar surface area (TPSA) is 24.6 Å². The molecule has 4 nitrogen and oxygen atoms in total. The molecule has 0 saturated carbocycles. The van der Waals surface area contributed by atoms with E-state index in [-0.39, 0.29) is 0 Å². The molecule has 14 aromatic rings. The number of benzene rings is 11. The molecule has 0 saturated heterocycles. The van der Waals surface area contributed by atoms with Gasteiger partial charge in [-0.3, -0.25) is 0 Å². The Hall–Kier alpha value is -8.90. The lowest BCUT2D eigenvalue weighted by molar-refractivity contribution is 0.669. The van der Waals surface area contributed by atoms with E-state index in [9.17, 15) is 0 Å². The number of hydrogen-bond acceptors (Lipinski definition) is 4. The van der Waals surface area contributed by atoms with Gasteiger partial charge in [0, 0.05) is 75.8 Å². The molecule has 0 aliphatic carbocycles. The van der Waals surface area contributed by atoms with Crippen molar-refractivity contribution in [2.24, 2.45) is 0 Å². The van der Waals surface area contributed by atoms with Crippen LogP contribution in [0.5, 0.6) is 0 Å². The van der Waals surface area contributed by atoms with Crippen molar-refractivity contribution in [2.75, 3.05) is 9.80 Å². The Balaban J connectivity index is 1.08. The van der Waals surface area contributed by atoms with Crippen LogP contribution in [0.4, 0.5) is 34.1 Å². The number of nitrogens with zero attached hydrogens (tertiary/aromatic N) is 3. The number of furan rings is 1.